The van der Waals surface area contributed by atoms with E-state index < -0.39 is 0 Å². The quantitative estimate of drug-likeness (QED) is 0.846. The van der Waals surface area contributed by atoms with Crippen LogP contribution in [0.1, 0.15) is 24.6 Å². The first-order chi connectivity index (χ1) is 9.22. The Balaban J connectivity index is 2.10. The first kappa shape index (κ1) is 14.2. The molecule has 0 bridgehead atoms. The summed E-state index contributed by atoms with van der Waals surface area (Å²) in [6.07, 6.45) is 7.62. The number of rotatable bonds is 7. The minimum absolute atomic E-state index is 0.0132. The molecule has 2 atom stereocenters. The number of hydrogen-bond acceptors (Lipinski definition) is 4. The minimum Gasteiger partial charge on any atom is -0.467 e. The van der Waals surface area contributed by atoms with Crippen LogP contribution in [0.5, 0.6) is 0 Å². The lowest BCUT2D eigenvalue weighted by molar-refractivity contribution is 0.413. The van der Waals surface area contributed by atoms with Crippen LogP contribution < -0.4 is 5.32 Å². The van der Waals surface area contributed by atoms with Crippen LogP contribution >= 0.6 is 11.8 Å². The van der Waals surface area contributed by atoms with Crippen molar-refractivity contribution in [2.24, 2.45) is 13.0 Å². The largest absolute Gasteiger partial charge is 0.467 e. The molecule has 4 nitrogen and oxygen atoms in total. The molecular weight excluding hydrogens is 258 g/mol. The van der Waals surface area contributed by atoms with E-state index in [1.54, 1.807) is 6.26 Å². The van der Waals surface area contributed by atoms with Gasteiger partial charge in [0.2, 0.25) is 0 Å². The maximum absolute atomic E-state index is 5.55. The molecule has 0 saturated heterocycles. The Labute approximate surface area is 118 Å². The van der Waals surface area contributed by atoms with Crippen LogP contribution in [0.15, 0.2) is 35.2 Å². The van der Waals surface area contributed by atoms with Crippen LogP contribution in [0.2, 0.25) is 0 Å². The van der Waals surface area contributed by atoms with Gasteiger partial charge in [-0.1, -0.05) is 6.92 Å². The Morgan fingerprint density at radius 3 is 2.95 bits per heavy atom. The van der Waals surface area contributed by atoms with E-state index in [4.69, 9.17) is 4.42 Å². The van der Waals surface area contributed by atoms with Crippen LogP contribution in [-0.4, -0.2) is 28.1 Å². The fraction of sp³-hybridized carbons (Fsp3) is 0.500. The monoisotopic (exact) mass is 279 g/mol. The van der Waals surface area contributed by atoms with Crippen molar-refractivity contribution in [1.82, 2.24) is 14.9 Å². The number of nitrogens with one attached hydrogen (secondary N) is 1. The van der Waals surface area contributed by atoms with E-state index in [-0.39, 0.29) is 6.04 Å². The molecule has 104 valence electrons. The standard InChI is InChI=1S/C14H21N3OS/c1-11(10-19-3)9-16-13(12-5-4-8-18-12)14-15-6-7-17(14)2/h4-8,11,13,16H,9-10H2,1-3H3. The van der Waals surface area contributed by atoms with Crippen molar-refractivity contribution in [3.8, 4) is 0 Å². The zero-order valence-electron chi connectivity index (χ0n) is 11.7. The number of aryl methyl sites for hydroxylation is 1. The van der Waals surface area contributed by atoms with Crippen LogP contribution in [0, 0.1) is 5.92 Å². The molecule has 2 rings (SSSR count). The molecule has 2 aromatic rings. The fourth-order valence-electron chi connectivity index (χ4n) is 2.09. The number of nitrogens with zero attached hydrogens (tertiary/aromatic N) is 2. The topological polar surface area (TPSA) is 43.0 Å². The van der Waals surface area contributed by atoms with Crippen molar-refractivity contribution in [2.45, 2.75) is 13.0 Å². The normalized spacial score (nSPS) is 14.5. The van der Waals surface area contributed by atoms with Gasteiger partial charge in [0.25, 0.3) is 0 Å². The summed E-state index contributed by atoms with van der Waals surface area (Å²) in [5.74, 6) is 3.66. The molecule has 0 aliphatic rings. The van der Waals surface area contributed by atoms with Gasteiger partial charge in [-0.05, 0) is 36.6 Å². The summed E-state index contributed by atoms with van der Waals surface area (Å²) < 4.78 is 7.57. The van der Waals surface area contributed by atoms with Gasteiger partial charge >= 0.3 is 0 Å². The van der Waals surface area contributed by atoms with Gasteiger partial charge in [-0.3, -0.25) is 0 Å². The fourth-order valence-corrected chi connectivity index (χ4v) is 2.78. The molecule has 1 N–H and O–H groups in total. The summed E-state index contributed by atoms with van der Waals surface area (Å²) in [6.45, 7) is 3.19. The molecule has 0 radical (unpaired) electrons. The van der Waals surface area contributed by atoms with Crippen molar-refractivity contribution < 1.29 is 4.42 Å². The Kier molecular flexibility index (Phi) is 5.10. The lowest BCUT2D eigenvalue weighted by atomic mass is 10.1. The Morgan fingerprint density at radius 2 is 2.37 bits per heavy atom. The molecule has 0 aliphatic carbocycles. The van der Waals surface area contributed by atoms with Gasteiger partial charge in [-0.25, -0.2) is 4.98 Å². The van der Waals surface area contributed by atoms with E-state index in [9.17, 15) is 0 Å². The molecule has 0 saturated carbocycles. The average molecular weight is 279 g/mol. The van der Waals surface area contributed by atoms with E-state index in [1.807, 2.05) is 47.9 Å². The maximum atomic E-state index is 5.55. The Bertz CT molecular complexity index is 481. The Hall–Kier alpha value is -1.20. The third-order valence-corrected chi connectivity index (χ3v) is 3.97. The van der Waals surface area contributed by atoms with E-state index in [0.29, 0.717) is 5.92 Å². The number of hydrogen-bond donors (Lipinski definition) is 1. The van der Waals surface area contributed by atoms with E-state index in [2.05, 4.69) is 23.5 Å². The van der Waals surface area contributed by atoms with Crippen LogP contribution in [0.3, 0.4) is 0 Å². The van der Waals surface area contributed by atoms with Crippen LogP contribution in [0.25, 0.3) is 0 Å². The van der Waals surface area contributed by atoms with E-state index in [1.165, 1.54) is 0 Å². The smallest absolute Gasteiger partial charge is 0.133 e. The minimum atomic E-state index is 0.0132. The highest BCUT2D eigenvalue weighted by Crippen LogP contribution is 2.21. The predicted molar refractivity (Wildman–Crippen MR) is 79.3 cm³/mol. The second-order valence-corrected chi connectivity index (χ2v) is 5.72. The summed E-state index contributed by atoms with van der Waals surface area (Å²) in [4.78, 5) is 4.43. The zero-order chi connectivity index (χ0) is 13.7. The van der Waals surface area contributed by atoms with Gasteiger partial charge in [0.05, 0.1) is 6.26 Å². The molecule has 2 heterocycles. The second kappa shape index (κ2) is 6.82. The van der Waals surface area contributed by atoms with Crippen LogP contribution in [0.4, 0.5) is 0 Å². The van der Waals surface area contributed by atoms with Crippen molar-refractivity contribution in [3.63, 3.8) is 0 Å². The highest BCUT2D eigenvalue weighted by Gasteiger charge is 2.20. The lowest BCUT2D eigenvalue weighted by Crippen LogP contribution is -2.29. The van der Waals surface area contributed by atoms with Gasteiger partial charge in [-0.2, -0.15) is 11.8 Å². The van der Waals surface area contributed by atoms with Gasteiger partial charge in [0, 0.05) is 19.4 Å². The second-order valence-electron chi connectivity index (χ2n) is 4.81. The summed E-state index contributed by atoms with van der Waals surface area (Å²) in [5, 5.41) is 3.56. The Morgan fingerprint density at radius 1 is 1.53 bits per heavy atom. The molecular formula is C14H21N3OS. The third kappa shape index (κ3) is 3.64. The van der Waals surface area contributed by atoms with Crippen molar-refractivity contribution in [3.05, 3.63) is 42.4 Å². The average Bonchev–Trinajstić information content (AvgIpc) is 3.03. The SMILES string of the molecule is CSCC(C)CNC(c1ccco1)c1nccn1C. The molecule has 2 unspecified atom stereocenters. The van der Waals surface area contributed by atoms with E-state index in [0.717, 1.165) is 23.9 Å². The molecule has 0 fully saturated rings. The molecule has 5 heteroatoms. The first-order valence-electron chi connectivity index (χ1n) is 6.45. The highest BCUT2D eigenvalue weighted by molar-refractivity contribution is 7.98. The zero-order valence-corrected chi connectivity index (χ0v) is 12.5. The lowest BCUT2D eigenvalue weighted by Gasteiger charge is -2.19. The summed E-state index contributed by atoms with van der Waals surface area (Å²) in [7, 11) is 2.01. The van der Waals surface area contributed by atoms with Gasteiger partial charge < -0.3 is 14.3 Å². The third-order valence-electron chi connectivity index (χ3n) is 3.07. The van der Waals surface area contributed by atoms with Crippen molar-refractivity contribution in [1.29, 1.82) is 0 Å². The predicted octanol–water partition coefficient (Wildman–Crippen LogP) is 2.69. The molecule has 0 spiro atoms. The van der Waals surface area contributed by atoms with Crippen molar-refractivity contribution >= 4 is 11.8 Å². The van der Waals surface area contributed by atoms with Gasteiger partial charge in [0.1, 0.15) is 17.6 Å². The number of imidazole rings is 1. The molecule has 0 aliphatic heterocycles. The highest BCUT2D eigenvalue weighted by atomic mass is 32.2. The number of thioether (sulfide) groups is 1. The molecule has 0 aromatic carbocycles. The molecule has 19 heavy (non-hydrogen) atoms. The first-order valence-corrected chi connectivity index (χ1v) is 7.84. The molecule has 0 amide bonds. The van der Waals surface area contributed by atoms with Gasteiger partial charge in [-0.15, -0.1) is 0 Å². The summed E-state index contributed by atoms with van der Waals surface area (Å²) in [6, 6.07) is 3.92. The molecule has 2 aromatic heterocycles. The maximum Gasteiger partial charge on any atom is 0.133 e. The summed E-state index contributed by atoms with van der Waals surface area (Å²) in [5.41, 5.74) is 0. The van der Waals surface area contributed by atoms with Crippen LogP contribution in [-0.2, 0) is 7.05 Å². The van der Waals surface area contributed by atoms with Gasteiger partial charge in [0.15, 0.2) is 0 Å². The van der Waals surface area contributed by atoms with Crippen molar-refractivity contribution in [2.75, 3.05) is 18.6 Å². The summed E-state index contributed by atoms with van der Waals surface area (Å²) >= 11 is 1.88. The van der Waals surface area contributed by atoms with E-state index >= 15 is 0 Å². The number of furan rings is 1. The number of aromatic nitrogens is 2.